The van der Waals surface area contributed by atoms with Crippen molar-refractivity contribution in [2.75, 3.05) is 13.2 Å². The third-order valence-electron chi connectivity index (χ3n) is 1.83. The maximum atomic E-state index is 11.9. The van der Waals surface area contributed by atoms with E-state index in [2.05, 4.69) is 0 Å². The zero-order chi connectivity index (χ0) is 14.9. The second-order valence-corrected chi connectivity index (χ2v) is 5.50. The molecule has 19 heavy (non-hydrogen) atoms. The van der Waals surface area contributed by atoms with Crippen LogP contribution in [-0.4, -0.2) is 41.0 Å². The van der Waals surface area contributed by atoms with E-state index in [-0.39, 0.29) is 13.2 Å². The minimum atomic E-state index is -5.23. The number of alkyl halides is 6. The highest BCUT2D eigenvalue weighted by atomic mass is 35.6. The number of imide groups is 1. The summed E-state index contributed by atoms with van der Waals surface area (Å²) in [5.74, 6) is -4.75. The standard InChI is InChI=1S/C7H6Cl3F3N2O4/c8-6(9,10)7(18-1-2-19-7)15-4(17)14-3(16)5(11,12)13/h1-2H2,(H2,14,15,16,17). The van der Waals surface area contributed by atoms with Gasteiger partial charge in [-0.25, -0.2) is 4.79 Å². The van der Waals surface area contributed by atoms with Gasteiger partial charge in [-0.3, -0.25) is 15.4 Å². The number of amides is 3. The Morgan fingerprint density at radius 1 is 1.11 bits per heavy atom. The Morgan fingerprint density at radius 3 is 1.95 bits per heavy atom. The van der Waals surface area contributed by atoms with E-state index in [9.17, 15) is 22.8 Å². The van der Waals surface area contributed by atoms with Gasteiger partial charge in [0.05, 0.1) is 13.2 Å². The first-order valence-electron chi connectivity index (χ1n) is 4.53. The second kappa shape index (κ2) is 5.49. The number of halogens is 6. The number of hydrogen-bond donors (Lipinski definition) is 2. The van der Waals surface area contributed by atoms with Gasteiger partial charge in [0.15, 0.2) is 0 Å². The molecule has 0 saturated carbocycles. The number of ether oxygens (including phenoxy) is 2. The number of rotatable bonds is 1. The van der Waals surface area contributed by atoms with Crippen LogP contribution in [0.2, 0.25) is 0 Å². The minimum absolute atomic E-state index is 0.0680. The van der Waals surface area contributed by atoms with Gasteiger partial charge in [-0.2, -0.15) is 13.2 Å². The second-order valence-electron chi connectivity index (χ2n) is 3.22. The van der Waals surface area contributed by atoms with Crippen LogP contribution >= 0.6 is 34.8 Å². The van der Waals surface area contributed by atoms with Gasteiger partial charge in [-0.15, -0.1) is 0 Å². The Bertz CT molecular complexity index is 379. The lowest BCUT2D eigenvalue weighted by Crippen LogP contribution is -2.61. The molecule has 12 heteroatoms. The lowest BCUT2D eigenvalue weighted by Gasteiger charge is -2.33. The molecule has 0 aliphatic carbocycles. The predicted molar refractivity (Wildman–Crippen MR) is 57.7 cm³/mol. The predicted octanol–water partition coefficient (Wildman–Crippen LogP) is 1.45. The van der Waals surface area contributed by atoms with Crippen molar-refractivity contribution in [3.63, 3.8) is 0 Å². The van der Waals surface area contributed by atoms with Crippen LogP contribution in [0.5, 0.6) is 0 Å². The van der Waals surface area contributed by atoms with Crippen LogP contribution < -0.4 is 10.6 Å². The van der Waals surface area contributed by atoms with Crippen LogP contribution in [0.4, 0.5) is 18.0 Å². The van der Waals surface area contributed by atoms with Crippen molar-refractivity contribution >= 4 is 46.7 Å². The molecule has 0 aromatic heterocycles. The molecule has 0 aromatic rings. The molecule has 0 spiro atoms. The highest BCUT2D eigenvalue weighted by Gasteiger charge is 2.56. The molecule has 0 aromatic carbocycles. The average molecular weight is 345 g/mol. The van der Waals surface area contributed by atoms with Crippen molar-refractivity contribution in [2.45, 2.75) is 15.9 Å². The zero-order valence-corrected chi connectivity index (χ0v) is 11.1. The summed E-state index contributed by atoms with van der Waals surface area (Å²) < 4.78 is 43.2. The molecule has 0 atom stereocenters. The number of nitrogens with one attached hydrogen (secondary N) is 2. The highest BCUT2D eigenvalue weighted by Crippen LogP contribution is 2.41. The molecule has 0 bridgehead atoms. The minimum Gasteiger partial charge on any atom is -0.327 e. The molecule has 1 saturated heterocycles. The summed E-state index contributed by atoms with van der Waals surface area (Å²) in [6, 6.07) is -1.59. The van der Waals surface area contributed by atoms with Crippen LogP contribution in [-0.2, 0) is 14.3 Å². The van der Waals surface area contributed by atoms with Gasteiger partial charge in [-0.05, 0) is 0 Å². The molecule has 6 nitrogen and oxygen atoms in total. The van der Waals surface area contributed by atoms with E-state index < -0.39 is 27.8 Å². The van der Waals surface area contributed by atoms with Gasteiger partial charge in [0, 0.05) is 0 Å². The van der Waals surface area contributed by atoms with Crippen molar-refractivity contribution < 1.29 is 32.2 Å². The third kappa shape index (κ3) is 3.99. The lowest BCUT2D eigenvalue weighted by molar-refractivity contribution is -0.175. The van der Waals surface area contributed by atoms with Gasteiger partial charge in [0.1, 0.15) is 0 Å². The Balaban J connectivity index is 2.72. The first-order chi connectivity index (χ1) is 8.48. The summed E-state index contributed by atoms with van der Waals surface area (Å²) in [6.07, 6.45) is -5.23. The monoisotopic (exact) mass is 344 g/mol. The summed E-state index contributed by atoms with van der Waals surface area (Å²) in [4.78, 5) is 21.8. The topological polar surface area (TPSA) is 76.7 Å². The molecule has 1 aliphatic rings. The normalized spacial score (nSPS) is 19.1. The number of urea groups is 1. The Hall–Kier alpha value is -0.480. The van der Waals surface area contributed by atoms with E-state index in [0.717, 1.165) is 5.32 Å². The Labute approximate surface area is 119 Å². The van der Waals surface area contributed by atoms with Crippen molar-refractivity contribution in [2.24, 2.45) is 0 Å². The van der Waals surface area contributed by atoms with E-state index in [1.807, 2.05) is 0 Å². The molecular formula is C7H6Cl3F3N2O4. The average Bonchev–Trinajstić information content (AvgIpc) is 2.64. The van der Waals surface area contributed by atoms with Gasteiger partial charge in [0.2, 0.25) is 0 Å². The molecule has 3 amide bonds. The fraction of sp³-hybridized carbons (Fsp3) is 0.714. The SMILES string of the molecule is O=C(NC(=O)C(F)(F)F)NC1(C(Cl)(Cl)Cl)OCCO1. The van der Waals surface area contributed by atoms with E-state index in [4.69, 9.17) is 44.3 Å². The maximum Gasteiger partial charge on any atom is 0.471 e. The van der Waals surface area contributed by atoms with Gasteiger partial charge in [-0.1, -0.05) is 34.8 Å². The fourth-order valence-electron chi connectivity index (χ4n) is 1.07. The molecule has 0 unspecified atom stereocenters. The van der Waals surface area contributed by atoms with Crippen molar-refractivity contribution in [3.05, 3.63) is 0 Å². The first kappa shape index (κ1) is 16.6. The van der Waals surface area contributed by atoms with Crippen molar-refractivity contribution in [1.82, 2.24) is 10.6 Å². The molecule has 1 rings (SSSR count). The Kier molecular flexibility index (Phi) is 4.79. The molecular weight excluding hydrogens is 339 g/mol. The van der Waals surface area contributed by atoms with E-state index in [1.165, 1.54) is 0 Å². The van der Waals surface area contributed by atoms with Gasteiger partial charge in [0.25, 0.3) is 3.79 Å². The summed E-state index contributed by atoms with van der Waals surface area (Å²) >= 11 is 16.5. The smallest absolute Gasteiger partial charge is 0.327 e. The maximum absolute atomic E-state index is 11.9. The molecule has 1 fully saturated rings. The van der Waals surface area contributed by atoms with Crippen LogP contribution in [0.1, 0.15) is 0 Å². The number of carbonyl (C=O) groups excluding carboxylic acids is 2. The first-order valence-corrected chi connectivity index (χ1v) is 5.66. The molecule has 1 aliphatic heterocycles. The molecule has 110 valence electrons. The van der Waals surface area contributed by atoms with Crippen LogP contribution in [0.15, 0.2) is 0 Å². The zero-order valence-electron chi connectivity index (χ0n) is 8.81. The fourth-order valence-corrected chi connectivity index (χ4v) is 1.54. The van der Waals surface area contributed by atoms with E-state index in [1.54, 1.807) is 5.32 Å². The molecule has 1 heterocycles. The summed E-state index contributed by atoms with van der Waals surface area (Å²) in [5.41, 5.74) is 0. The van der Waals surface area contributed by atoms with Gasteiger partial charge < -0.3 is 9.47 Å². The summed E-state index contributed by atoms with van der Waals surface area (Å²) in [5, 5.41) is 2.72. The van der Waals surface area contributed by atoms with E-state index >= 15 is 0 Å². The lowest BCUT2D eigenvalue weighted by atomic mass is 10.5. The van der Waals surface area contributed by atoms with Crippen LogP contribution in [0, 0.1) is 0 Å². The van der Waals surface area contributed by atoms with E-state index in [0.29, 0.717) is 0 Å². The highest BCUT2D eigenvalue weighted by molar-refractivity contribution is 6.68. The Morgan fingerprint density at radius 2 is 1.58 bits per heavy atom. The quantitative estimate of drug-likeness (QED) is 0.705. The number of carbonyl (C=O) groups is 2. The van der Waals surface area contributed by atoms with Crippen LogP contribution in [0.3, 0.4) is 0 Å². The molecule has 0 radical (unpaired) electrons. The van der Waals surface area contributed by atoms with Crippen molar-refractivity contribution in [3.8, 4) is 0 Å². The molecule has 2 N–H and O–H groups in total. The largest absolute Gasteiger partial charge is 0.471 e. The third-order valence-corrected chi connectivity index (χ3v) is 2.58. The summed E-state index contributed by atoms with van der Waals surface area (Å²) in [7, 11) is 0. The number of hydrogen-bond acceptors (Lipinski definition) is 4. The summed E-state index contributed by atoms with van der Waals surface area (Å²) in [6.45, 7) is -0.136. The van der Waals surface area contributed by atoms with Crippen molar-refractivity contribution in [1.29, 1.82) is 0 Å². The van der Waals surface area contributed by atoms with Gasteiger partial charge >= 0.3 is 24.0 Å². The van der Waals surface area contributed by atoms with Crippen LogP contribution in [0.25, 0.3) is 0 Å².